The second-order valence-electron chi connectivity index (χ2n) is 6.21. The Kier molecular flexibility index (Phi) is 5.21. The largest absolute Gasteiger partial charge is 0.325 e. The van der Waals surface area contributed by atoms with Gasteiger partial charge in [-0.15, -0.1) is 22.7 Å². The van der Waals surface area contributed by atoms with Crippen LogP contribution in [0.1, 0.15) is 19.3 Å². The molecule has 1 atom stereocenters. The summed E-state index contributed by atoms with van der Waals surface area (Å²) in [6.07, 6.45) is 2.02. The van der Waals surface area contributed by atoms with E-state index >= 15 is 0 Å². The SMILES string of the molecule is O=C(Nc1ccc2scnc2c1)C1CCCCN1S(=O)(=O)c1ccc(Cl)s1. The molecule has 6 nitrogen and oxygen atoms in total. The predicted molar refractivity (Wildman–Crippen MR) is 109 cm³/mol. The number of carbonyl (C=O) groups is 1. The van der Waals surface area contributed by atoms with Gasteiger partial charge in [0.05, 0.1) is 20.1 Å². The van der Waals surface area contributed by atoms with Gasteiger partial charge in [-0.3, -0.25) is 4.79 Å². The molecule has 1 aliphatic rings. The predicted octanol–water partition coefficient (Wildman–Crippen LogP) is 4.19. The van der Waals surface area contributed by atoms with Crippen LogP contribution < -0.4 is 5.32 Å². The van der Waals surface area contributed by atoms with E-state index in [1.54, 1.807) is 23.7 Å². The van der Waals surface area contributed by atoms with Crippen LogP contribution >= 0.6 is 34.3 Å². The zero-order chi connectivity index (χ0) is 19.0. The van der Waals surface area contributed by atoms with Gasteiger partial charge in [-0.2, -0.15) is 4.31 Å². The molecule has 1 saturated heterocycles. The maximum Gasteiger partial charge on any atom is 0.253 e. The summed E-state index contributed by atoms with van der Waals surface area (Å²) in [6.45, 7) is 0.320. The average molecular weight is 442 g/mol. The van der Waals surface area contributed by atoms with Crippen LogP contribution in [0.3, 0.4) is 0 Å². The summed E-state index contributed by atoms with van der Waals surface area (Å²) >= 11 is 8.43. The highest BCUT2D eigenvalue weighted by Crippen LogP contribution is 2.32. The standard InChI is InChI=1S/C17H16ClN3O3S3/c18-15-6-7-16(26-15)27(23,24)21-8-2-1-3-13(21)17(22)20-11-4-5-14-12(9-11)19-10-25-14/h4-7,9-10,13H,1-3,8H2,(H,20,22). The van der Waals surface area contributed by atoms with Crippen LogP contribution in [-0.4, -0.2) is 36.2 Å². The summed E-state index contributed by atoms with van der Waals surface area (Å²) in [6, 6.07) is 7.80. The third-order valence-electron chi connectivity index (χ3n) is 4.47. The topological polar surface area (TPSA) is 79.4 Å². The number of hydrogen-bond donors (Lipinski definition) is 1. The fourth-order valence-corrected chi connectivity index (χ4v) is 7.10. The summed E-state index contributed by atoms with van der Waals surface area (Å²) < 4.78 is 28.9. The number of thiophene rings is 1. The van der Waals surface area contributed by atoms with Gasteiger partial charge in [-0.05, 0) is 43.2 Å². The number of aromatic nitrogens is 1. The molecule has 0 aliphatic carbocycles. The van der Waals surface area contributed by atoms with E-state index in [1.807, 2.05) is 6.07 Å². The number of anilines is 1. The molecular weight excluding hydrogens is 426 g/mol. The van der Waals surface area contributed by atoms with Crippen LogP contribution in [0, 0.1) is 0 Å². The Labute approximate surface area is 169 Å². The zero-order valence-corrected chi connectivity index (χ0v) is 17.3. The van der Waals surface area contributed by atoms with Crippen molar-refractivity contribution in [2.75, 3.05) is 11.9 Å². The van der Waals surface area contributed by atoms with Crippen molar-refractivity contribution >= 4 is 66.1 Å². The first-order valence-corrected chi connectivity index (χ1v) is 11.9. The number of nitrogens with one attached hydrogen (secondary N) is 1. The van der Waals surface area contributed by atoms with E-state index in [-0.39, 0.29) is 10.1 Å². The maximum absolute atomic E-state index is 13.0. The summed E-state index contributed by atoms with van der Waals surface area (Å²) in [5.41, 5.74) is 3.16. The van der Waals surface area contributed by atoms with E-state index < -0.39 is 16.1 Å². The molecule has 3 aromatic rings. The van der Waals surface area contributed by atoms with Crippen molar-refractivity contribution in [3.63, 3.8) is 0 Å². The Balaban J connectivity index is 1.58. The highest BCUT2D eigenvalue weighted by Gasteiger charge is 2.38. The lowest BCUT2D eigenvalue weighted by Gasteiger charge is -2.33. The molecule has 1 fully saturated rings. The van der Waals surface area contributed by atoms with Crippen molar-refractivity contribution < 1.29 is 13.2 Å². The van der Waals surface area contributed by atoms with Gasteiger partial charge in [-0.1, -0.05) is 18.0 Å². The van der Waals surface area contributed by atoms with E-state index in [4.69, 9.17) is 11.6 Å². The zero-order valence-electron chi connectivity index (χ0n) is 14.1. The fraction of sp³-hybridized carbons (Fsp3) is 0.294. The lowest BCUT2D eigenvalue weighted by molar-refractivity contribution is -0.120. The number of nitrogens with zero attached hydrogens (tertiary/aromatic N) is 2. The molecule has 1 aliphatic heterocycles. The van der Waals surface area contributed by atoms with Gasteiger partial charge in [-0.25, -0.2) is 13.4 Å². The van der Waals surface area contributed by atoms with Crippen LogP contribution in [0.5, 0.6) is 0 Å². The van der Waals surface area contributed by atoms with Crippen molar-refractivity contribution in [1.29, 1.82) is 0 Å². The van der Waals surface area contributed by atoms with E-state index in [9.17, 15) is 13.2 Å². The second-order valence-corrected chi connectivity index (χ2v) is 10.9. The number of amides is 1. The molecule has 0 bridgehead atoms. The summed E-state index contributed by atoms with van der Waals surface area (Å²) in [5.74, 6) is -0.324. The Morgan fingerprint density at radius 2 is 2.11 bits per heavy atom. The molecule has 0 radical (unpaired) electrons. The number of halogens is 1. The number of rotatable bonds is 4. The quantitative estimate of drug-likeness (QED) is 0.658. The number of thiazole rings is 1. The molecule has 142 valence electrons. The number of benzene rings is 1. The number of fused-ring (bicyclic) bond motifs is 1. The molecule has 0 spiro atoms. The Hall–Kier alpha value is -1.52. The van der Waals surface area contributed by atoms with Crippen LogP contribution in [0.2, 0.25) is 4.34 Å². The van der Waals surface area contributed by atoms with Gasteiger partial charge >= 0.3 is 0 Å². The normalized spacial score (nSPS) is 18.6. The minimum atomic E-state index is -3.76. The number of sulfonamides is 1. The monoisotopic (exact) mass is 441 g/mol. The second kappa shape index (κ2) is 7.48. The average Bonchev–Trinajstić information content (AvgIpc) is 3.30. The van der Waals surface area contributed by atoms with E-state index in [1.165, 1.54) is 21.7 Å². The Morgan fingerprint density at radius 3 is 2.89 bits per heavy atom. The summed E-state index contributed by atoms with van der Waals surface area (Å²) in [4.78, 5) is 17.1. The van der Waals surface area contributed by atoms with Crippen LogP contribution in [0.4, 0.5) is 5.69 Å². The number of piperidine rings is 1. The smallest absolute Gasteiger partial charge is 0.253 e. The maximum atomic E-state index is 13.0. The minimum absolute atomic E-state index is 0.163. The van der Waals surface area contributed by atoms with Crippen molar-refractivity contribution in [2.24, 2.45) is 0 Å². The van der Waals surface area contributed by atoms with E-state index in [0.717, 1.165) is 34.4 Å². The van der Waals surface area contributed by atoms with Gasteiger partial charge in [0, 0.05) is 12.2 Å². The number of carbonyl (C=O) groups excluding carboxylic acids is 1. The van der Waals surface area contributed by atoms with Gasteiger partial charge in [0.25, 0.3) is 10.0 Å². The molecule has 0 saturated carbocycles. The molecule has 2 aromatic heterocycles. The lowest BCUT2D eigenvalue weighted by Crippen LogP contribution is -2.49. The van der Waals surface area contributed by atoms with Crippen molar-refractivity contribution in [2.45, 2.75) is 29.5 Å². The van der Waals surface area contributed by atoms with Crippen molar-refractivity contribution in [1.82, 2.24) is 9.29 Å². The molecule has 1 N–H and O–H groups in total. The third-order valence-corrected chi connectivity index (χ3v) is 8.88. The third kappa shape index (κ3) is 3.74. The first-order valence-electron chi connectivity index (χ1n) is 8.36. The van der Waals surface area contributed by atoms with Crippen LogP contribution in [0.25, 0.3) is 10.2 Å². The Morgan fingerprint density at radius 1 is 1.26 bits per heavy atom. The van der Waals surface area contributed by atoms with E-state index in [0.29, 0.717) is 23.0 Å². The summed E-state index contributed by atoms with van der Waals surface area (Å²) in [7, 11) is -3.76. The van der Waals surface area contributed by atoms with Gasteiger partial charge in [0.15, 0.2) is 0 Å². The highest BCUT2D eigenvalue weighted by molar-refractivity contribution is 7.91. The van der Waals surface area contributed by atoms with Gasteiger partial charge in [0.2, 0.25) is 5.91 Å². The van der Waals surface area contributed by atoms with Crippen LogP contribution in [-0.2, 0) is 14.8 Å². The lowest BCUT2D eigenvalue weighted by atomic mass is 10.0. The molecule has 27 heavy (non-hydrogen) atoms. The molecule has 4 rings (SSSR count). The fourth-order valence-electron chi connectivity index (χ4n) is 3.17. The van der Waals surface area contributed by atoms with Gasteiger partial charge < -0.3 is 5.32 Å². The molecule has 1 unspecified atom stereocenters. The molecule has 10 heteroatoms. The van der Waals surface area contributed by atoms with E-state index in [2.05, 4.69) is 10.3 Å². The molecule has 3 heterocycles. The number of hydrogen-bond acceptors (Lipinski definition) is 6. The first kappa shape index (κ1) is 18.8. The highest BCUT2D eigenvalue weighted by atomic mass is 35.5. The molecular formula is C17H16ClN3O3S3. The van der Waals surface area contributed by atoms with Crippen molar-refractivity contribution in [3.8, 4) is 0 Å². The molecule has 1 amide bonds. The van der Waals surface area contributed by atoms with Crippen LogP contribution in [0.15, 0.2) is 40.1 Å². The van der Waals surface area contributed by atoms with Crippen molar-refractivity contribution in [3.05, 3.63) is 40.2 Å². The van der Waals surface area contributed by atoms with Gasteiger partial charge in [0.1, 0.15) is 10.3 Å². The summed E-state index contributed by atoms with van der Waals surface area (Å²) in [5, 5.41) is 2.85. The minimum Gasteiger partial charge on any atom is -0.325 e. The first-order chi connectivity index (χ1) is 12.9. The Bertz CT molecular complexity index is 1090. The molecule has 1 aromatic carbocycles.